The van der Waals surface area contributed by atoms with Gasteiger partial charge in [-0.3, -0.25) is 0 Å². The lowest BCUT2D eigenvalue weighted by Gasteiger charge is -2.31. The van der Waals surface area contributed by atoms with Crippen molar-refractivity contribution in [2.45, 2.75) is 19.5 Å². The van der Waals surface area contributed by atoms with E-state index in [0.717, 1.165) is 22.5 Å². The second-order valence-corrected chi connectivity index (χ2v) is 8.62. The lowest BCUT2D eigenvalue weighted by Crippen LogP contribution is -2.38. The fraction of sp³-hybridized carbons (Fsp3) is 0.143. The molecule has 0 spiro atoms. The molecule has 0 radical (unpaired) electrons. The highest BCUT2D eigenvalue weighted by atomic mass is 35.5. The Kier molecular flexibility index (Phi) is 6.29. The molecule has 2 heterocycles. The van der Waals surface area contributed by atoms with Crippen molar-refractivity contribution in [3.05, 3.63) is 119 Å². The van der Waals surface area contributed by atoms with E-state index in [9.17, 15) is 9.59 Å². The summed E-state index contributed by atoms with van der Waals surface area (Å²) in [5.74, 6) is -0.431. The third kappa shape index (κ3) is 4.40. The Morgan fingerprint density at radius 3 is 2.63 bits per heavy atom. The Labute approximate surface area is 208 Å². The molecule has 3 aromatic carbocycles. The van der Waals surface area contributed by atoms with Crippen LogP contribution in [0.3, 0.4) is 0 Å². The van der Waals surface area contributed by atoms with E-state index in [1.807, 2.05) is 66.9 Å². The van der Waals surface area contributed by atoms with Crippen LogP contribution in [0.4, 0.5) is 10.5 Å². The van der Waals surface area contributed by atoms with Crippen LogP contribution in [0.15, 0.2) is 91.1 Å². The van der Waals surface area contributed by atoms with Crippen LogP contribution in [0.2, 0.25) is 5.02 Å². The average molecular weight is 486 g/mol. The number of carbonyl (C=O) groups excluding carboxylic acids is 2. The number of hydrogen-bond donors (Lipinski definition) is 1. The van der Waals surface area contributed by atoms with Crippen LogP contribution < -0.4 is 5.32 Å². The minimum atomic E-state index is -0.431. The maximum Gasteiger partial charge on any atom is 0.338 e. The van der Waals surface area contributed by atoms with E-state index < -0.39 is 12.0 Å². The number of nitrogens with one attached hydrogen (secondary N) is 1. The SMILES string of the molecule is CCOC(=O)c1cccc(NC(=O)N2Cc3ccccc3-n3cccc3C2c2ccccc2Cl)c1. The third-order valence-electron chi connectivity index (χ3n) is 6.05. The second-order valence-electron chi connectivity index (χ2n) is 8.22. The summed E-state index contributed by atoms with van der Waals surface area (Å²) in [6, 6.07) is 25.6. The summed E-state index contributed by atoms with van der Waals surface area (Å²) >= 11 is 6.65. The number of benzene rings is 3. The number of aromatic nitrogens is 1. The highest BCUT2D eigenvalue weighted by Gasteiger charge is 2.34. The number of urea groups is 1. The minimum absolute atomic E-state index is 0.280. The molecule has 0 aliphatic carbocycles. The summed E-state index contributed by atoms with van der Waals surface area (Å²) in [6.45, 7) is 2.41. The highest BCUT2D eigenvalue weighted by Crippen LogP contribution is 2.39. The van der Waals surface area contributed by atoms with Crippen molar-refractivity contribution < 1.29 is 14.3 Å². The van der Waals surface area contributed by atoms with Crippen LogP contribution in [-0.4, -0.2) is 28.1 Å². The van der Waals surface area contributed by atoms with Gasteiger partial charge in [-0.2, -0.15) is 0 Å². The maximum absolute atomic E-state index is 13.8. The summed E-state index contributed by atoms with van der Waals surface area (Å²) in [7, 11) is 0. The van der Waals surface area contributed by atoms with Gasteiger partial charge in [0.25, 0.3) is 0 Å². The Morgan fingerprint density at radius 1 is 1.00 bits per heavy atom. The Hall–Kier alpha value is -4.03. The lowest BCUT2D eigenvalue weighted by atomic mass is 10.0. The van der Waals surface area contributed by atoms with Crippen LogP contribution in [0.1, 0.15) is 40.1 Å². The molecule has 4 aromatic rings. The van der Waals surface area contributed by atoms with Gasteiger partial charge in [-0.25, -0.2) is 9.59 Å². The van der Waals surface area contributed by atoms with Crippen LogP contribution in [0, 0.1) is 0 Å². The first kappa shape index (κ1) is 22.7. The van der Waals surface area contributed by atoms with Gasteiger partial charge in [-0.15, -0.1) is 0 Å². The van der Waals surface area contributed by atoms with Crippen LogP contribution in [-0.2, 0) is 11.3 Å². The molecule has 0 bridgehead atoms. The van der Waals surface area contributed by atoms with E-state index >= 15 is 0 Å². The van der Waals surface area contributed by atoms with Gasteiger partial charge >= 0.3 is 12.0 Å². The number of esters is 1. The number of halogens is 1. The largest absolute Gasteiger partial charge is 0.462 e. The number of rotatable bonds is 4. The number of para-hydroxylation sites is 1. The number of ether oxygens (including phenoxy) is 1. The number of anilines is 1. The lowest BCUT2D eigenvalue weighted by molar-refractivity contribution is 0.0526. The van der Waals surface area contributed by atoms with E-state index in [4.69, 9.17) is 16.3 Å². The van der Waals surface area contributed by atoms with Crippen molar-refractivity contribution in [2.24, 2.45) is 0 Å². The normalized spacial score (nSPS) is 14.5. The van der Waals surface area contributed by atoms with Gasteiger partial charge in [0.1, 0.15) is 6.04 Å². The molecule has 1 atom stereocenters. The molecule has 1 unspecified atom stereocenters. The monoisotopic (exact) mass is 485 g/mol. The zero-order valence-corrected chi connectivity index (χ0v) is 19.9. The van der Waals surface area contributed by atoms with Crippen molar-refractivity contribution in [1.29, 1.82) is 0 Å². The molecule has 1 aliphatic heterocycles. The summed E-state index contributed by atoms with van der Waals surface area (Å²) in [5, 5.41) is 3.56. The summed E-state index contributed by atoms with van der Waals surface area (Å²) in [4.78, 5) is 27.8. The molecule has 2 amide bonds. The van der Waals surface area contributed by atoms with Crippen molar-refractivity contribution in [2.75, 3.05) is 11.9 Å². The standard InChI is InChI=1S/C28H24ClN3O3/c1-2-35-27(33)19-10-7-11-21(17-19)30-28(34)32-18-20-9-3-6-14-24(20)31-16-8-15-25(31)26(32)22-12-4-5-13-23(22)29/h3-17,26H,2,18H2,1H3,(H,30,34). The molecule has 5 rings (SSSR count). The van der Waals surface area contributed by atoms with E-state index in [1.54, 1.807) is 36.1 Å². The molecule has 1 aromatic heterocycles. The molecule has 176 valence electrons. The quantitative estimate of drug-likeness (QED) is 0.338. The fourth-order valence-corrected chi connectivity index (χ4v) is 4.74. The molecular formula is C28H24ClN3O3. The minimum Gasteiger partial charge on any atom is -0.462 e. The highest BCUT2D eigenvalue weighted by molar-refractivity contribution is 6.31. The Morgan fingerprint density at radius 2 is 1.80 bits per heavy atom. The fourth-order valence-electron chi connectivity index (χ4n) is 4.50. The van der Waals surface area contributed by atoms with Gasteiger partial charge in [0, 0.05) is 16.9 Å². The molecule has 35 heavy (non-hydrogen) atoms. The van der Waals surface area contributed by atoms with Gasteiger partial charge in [0.2, 0.25) is 0 Å². The summed E-state index contributed by atoms with van der Waals surface area (Å²) in [5.41, 5.74) is 4.67. The second kappa shape index (κ2) is 9.68. The molecular weight excluding hydrogens is 462 g/mol. The van der Waals surface area contributed by atoms with Gasteiger partial charge in [0.05, 0.1) is 30.1 Å². The van der Waals surface area contributed by atoms with Crippen LogP contribution in [0.25, 0.3) is 5.69 Å². The number of nitrogens with zero attached hydrogens (tertiary/aromatic N) is 2. The van der Waals surface area contributed by atoms with E-state index in [0.29, 0.717) is 22.8 Å². The summed E-state index contributed by atoms with van der Waals surface area (Å²) < 4.78 is 7.21. The first-order valence-corrected chi connectivity index (χ1v) is 11.8. The smallest absolute Gasteiger partial charge is 0.338 e. The molecule has 0 saturated heterocycles. The van der Waals surface area contributed by atoms with Gasteiger partial charge in [-0.05, 0) is 60.5 Å². The maximum atomic E-state index is 13.8. The number of amides is 2. The van der Waals surface area contributed by atoms with Crippen LogP contribution >= 0.6 is 11.6 Å². The number of hydrogen-bond acceptors (Lipinski definition) is 3. The predicted octanol–water partition coefficient (Wildman–Crippen LogP) is 6.44. The Balaban J connectivity index is 1.57. The summed E-state index contributed by atoms with van der Waals surface area (Å²) in [6.07, 6.45) is 2.00. The zero-order chi connectivity index (χ0) is 24.4. The third-order valence-corrected chi connectivity index (χ3v) is 6.39. The molecule has 0 fully saturated rings. The average Bonchev–Trinajstić information content (AvgIpc) is 3.29. The van der Waals surface area contributed by atoms with E-state index in [1.165, 1.54) is 0 Å². The van der Waals surface area contributed by atoms with Crippen LogP contribution in [0.5, 0.6) is 0 Å². The molecule has 0 saturated carbocycles. The van der Waals surface area contributed by atoms with E-state index in [2.05, 4.69) is 9.88 Å². The van der Waals surface area contributed by atoms with Crippen molar-refractivity contribution in [3.8, 4) is 5.69 Å². The Bertz CT molecular complexity index is 1400. The molecule has 7 heteroatoms. The first-order chi connectivity index (χ1) is 17.1. The van der Waals surface area contributed by atoms with Crippen molar-refractivity contribution >= 4 is 29.3 Å². The van der Waals surface area contributed by atoms with Crippen molar-refractivity contribution in [1.82, 2.24) is 9.47 Å². The van der Waals surface area contributed by atoms with Gasteiger partial charge < -0.3 is 19.5 Å². The number of carbonyl (C=O) groups is 2. The first-order valence-electron chi connectivity index (χ1n) is 11.4. The number of fused-ring (bicyclic) bond motifs is 3. The van der Waals surface area contributed by atoms with Gasteiger partial charge in [-0.1, -0.05) is 54.1 Å². The zero-order valence-electron chi connectivity index (χ0n) is 19.1. The molecule has 6 nitrogen and oxygen atoms in total. The topological polar surface area (TPSA) is 63.6 Å². The van der Waals surface area contributed by atoms with Gasteiger partial charge in [0.15, 0.2) is 0 Å². The molecule has 1 N–H and O–H groups in total. The van der Waals surface area contributed by atoms with E-state index in [-0.39, 0.29) is 12.6 Å². The predicted molar refractivity (Wildman–Crippen MR) is 136 cm³/mol. The molecule has 1 aliphatic rings. The van der Waals surface area contributed by atoms with Crippen molar-refractivity contribution in [3.63, 3.8) is 0 Å².